The first kappa shape index (κ1) is 19.0. The summed E-state index contributed by atoms with van der Waals surface area (Å²) in [5.41, 5.74) is 3.12. The Labute approximate surface area is 149 Å². The van der Waals surface area contributed by atoms with Gasteiger partial charge in [0.2, 0.25) is 0 Å². The summed E-state index contributed by atoms with van der Waals surface area (Å²) in [4.78, 5) is 11.9. The highest BCUT2D eigenvalue weighted by Gasteiger charge is 2.16. The van der Waals surface area contributed by atoms with E-state index in [4.69, 9.17) is 0 Å². The minimum absolute atomic E-state index is 0.219. The van der Waals surface area contributed by atoms with E-state index in [2.05, 4.69) is 15.7 Å². The standard InChI is InChI=1S/C19H28N4O2/c1-4-15(5-2)18(24)12-21-19(25)20-10-14-7-6-8-16(9-14)17-11-22-23(3)13-17/h6-9,11,13,15,18,24H,4-5,10,12H2,1-3H3,(H2,20,21,25). The van der Waals surface area contributed by atoms with Crippen LogP contribution in [0, 0.1) is 5.92 Å². The molecule has 1 aromatic heterocycles. The van der Waals surface area contributed by atoms with Crippen molar-refractivity contribution in [3.05, 3.63) is 42.2 Å². The maximum Gasteiger partial charge on any atom is 0.315 e. The monoisotopic (exact) mass is 344 g/mol. The van der Waals surface area contributed by atoms with Gasteiger partial charge in [0, 0.05) is 31.9 Å². The molecular weight excluding hydrogens is 316 g/mol. The van der Waals surface area contributed by atoms with Gasteiger partial charge in [0.25, 0.3) is 0 Å². The third-order valence-electron chi connectivity index (χ3n) is 4.48. The zero-order chi connectivity index (χ0) is 18.2. The van der Waals surface area contributed by atoms with Crippen LogP contribution in [0.2, 0.25) is 0 Å². The van der Waals surface area contributed by atoms with E-state index in [9.17, 15) is 9.90 Å². The SMILES string of the molecule is CCC(CC)C(O)CNC(=O)NCc1cccc(-c2cnn(C)c2)c1. The van der Waals surface area contributed by atoms with Gasteiger partial charge in [-0.05, 0) is 23.1 Å². The summed E-state index contributed by atoms with van der Waals surface area (Å²) >= 11 is 0. The molecule has 2 amide bonds. The maximum atomic E-state index is 11.9. The van der Waals surface area contributed by atoms with Crippen molar-refractivity contribution in [3.8, 4) is 11.1 Å². The van der Waals surface area contributed by atoms with Crippen LogP contribution >= 0.6 is 0 Å². The van der Waals surface area contributed by atoms with Gasteiger partial charge in [-0.25, -0.2) is 4.79 Å². The minimum atomic E-state index is -0.505. The lowest BCUT2D eigenvalue weighted by atomic mass is 9.97. The zero-order valence-corrected chi connectivity index (χ0v) is 15.2. The van der Waals surface area contributed by atoms with Crippen molar-refractivity contribution in [2.24, 2.45) is 13.0 Å². The number of aromatic nitrogens is 2. The molecule has 25 heavy (non-hydrogen) atoms. The van der Waals surface area contributed by atoms with Crippen molar-refractivity contribution in [3.63, 3.8) is 0 Å². The lowest BCUT2D eigenvalue weighted by molar-refractivity contribution is 0.103. The van der Waals surface area contributed by atoms with Gasteiger partial charge >= 0.3 is 6.03 Å². The molecule has 0 fully saturated rings. The summed E-state index contributed by atoms with van der Waals surface area (Å²) in [5.74, 6) is 0.219. The fourth-order valence-electron chi connectivity index (χ4n) is 2.87. The molecule has 2 rings (SSSR count). The molecule has 3 N–H and O–H groups in total. The molecule has 1 atom stereocenters. The van der Waals surface area contributed by atoms with Crippen LogP contribution in [-0.2, 0) is 13.6 Å². The van der Waals surface area contributed by atoms with E-state index in [1.165, 1.54) is 0 Å². The summed E-state index contributed by atoms with van der Waals surface area (Å²) in [6.07, 6.45) is 5.08. The molecular formula is C19H28N4O2. The number of benzene rings is 1. The Morgan fingerprint density at radius 2 is 2.00 bits per heavy atom. The van der Waals surface area contributed by atoms with E-state index in [1.807, 2.05) is 57.6 Å². The van der Waals surface area contributed by atoms with E-state index < -0.39 is 6.10 Å². The van der Waals surface area contributed by atoms with Gasteiger partial charge in [0.05, 0.1) is 12.3 Å². The second-order valence-corrected chi connectivity index (χ2v) is 6.31. The molecule has 0 aliphatic rings. The first-order valence-corrected chi connectivity index (χ1v) is 8.81. The average molecular weight is 344 g/mol. The highest BCUT2D eigenvalue weighted by Crippen LogP contribution is 2.19. The van der Waals surface area contributed by atoms with E-state index in [0.717, 1.165) is 29.5 Å². The van der Waals surface area contributed by atoms with Gasteiger partial charge in [-0.1, -0.05) is 44.9 Å². The van der Waals surface area contributed by atoms with Gasteiger partial charge in [0.1, 0.15) is 0 Å². The van der Waals surface area contributed by atoms with E-state index >= 15 is 0 Å². The number of aryl methyl sites for hydroxylation is 1. The molecule has 0 spiro atoms. The van der Waals surface area contributed by atoms with Crippen LogP contribution in [0.5, 0.6) is 0 Å². The van der Waals surface area contributed by atoms with Crippen LogP contribution < -0.4 is 10.6 Å². The second-order valence-electron chi connectivity index (χ2n) is 6.31. The van der Waals surface area contributed by atoms with Crippen LogP contribution in [0.3, 0.4) is 0 Å². The Morgan fingerprint density at radius 1 is 1.24 bits per heavy atom. The molecule has 0 aliphatic carbocycles. The third-order valence-corrected chi connectivity index (χ3v) is 4.48. The number of hydrogen-bond donors (Lipinski definition) is 3. The van der Waals surface area contributed by atoms with Gasteiger partial charge in [-0.3, -0.25) is 4.68 Å². The number of hydrogen-bond acceptors (Lipinski definition) is 3. The minimum Gasteiger partial charge on any atom is -0.391 e. The first-order chi connectivity index (χ1) is 12.0. The third kappa shape index (κ3) is 5.60. The lowest BCUT2D eigenvalue weighted by Crippen LogP contribution is -2.41. The molecule has 0 bridgehead atoms. The van der Waals surface area contributed by atoms with Crippen LogP contribution in [-0.4, -0.2) is 33.6 Å². The molecule has 0 aliphatic heterocycles. The smallest absolute Gasteiger partial charge is 0.315 e. The predicted octanol–water partition coefficient (Wildman–Crippen LogP) is 2.68. The number of urea groups is 1. The largest absolute Gasteiger partial charge is 0.391 e. The normalized spacial score (nSPS) is 12.2. The average Bonchev–Trinajstić information content (AvgIpc) is 3.06. The van der Waals surface area contributed by atoms with Crippen molar-refractivity contribution in [2.75, 3.05) is 6.54 Å². The molecule has 0 saturated heterocycles. The molecule has 1 unspecified atom stereocenters. The molecule has 0 radical (unpaired) electrons. The van der Waals surface area contributed by atoms with Gasteiger partial charge in [0.15, 0.2) is 0 Å². The second kappa shape index (κ2) is 9.22. The number of amides is 2. The Morgan fingerprint density at radius 3 is 2.64 bits per heavy atom. The Bertz CT molecular complexity index is 680. The molecule has 6 heteroatoms. The Kier molecular flexibility index (Phi) is 7.01. The number of rotatable bonds is 8. The number of carbonyl (C=O) groups excluding carboxylic acids is 1. The van der Waals surface area contributed by atoms with E-state index in [0.29, 0.717) is 6.54 Å². The van der Waals surface area contributed by atoms with Crippen molar-refractivity contribution >= 4 is 6.03 Å². The molecule has 1 heterocycles. The lowest BCUT2D eigenvalue weighted by Gasteiger charge is -2.20. The van der Waals surface area contributed by atoms with Crippen molar-refractivity contribution in [1.82, 2.24) is 20.4 Å². The fourth-order valence-corrected chi connectivity index (χ4v) is 2.87. The summed E-state index contributed by atoms with van der Waals surface area (Å²) in [7, 11) is 1.88. The summed E-state index contributed by atoms with van der Waals surface area (Å²) < 4.78 is 1.76. The van der Waals surface area contributed by atoms with Crippen molar-refractivity contribution in [2.45, 2.75) is 39.3 Å². The van der Waals surface area contributed by atoms with Crippen molar-refractivity contribution < 1.29 is 9.90 Å². The maximum absolute atomic E-state index is 11.9. The summed E-state index contributed by atoms with van der Waals surface area (Å²) in [6.45, 7) is 4.80. The van der Waals surface area contributed by atoms with Crippen molar-refractivity contribution in [1.29, 1.82) is 0 Å². The number of aliphatic hydroxyl groups excluding tert-OH is 1. The number of carbonyl (C=O) groups is 1. The van der Waals surface area contributed by atoms with E-state index in [1.54, 1.807) is 4.68 Å². The van der Waals surface area contributed by atoms with Gasteiger partial charge < -0.3 is 15.7 Å². The molecule has 136 valence electrons. The molecule has 2 aromatic rings. The predicted molar refractivity (Wildman–Crippen MR) is 99.0 cm³/mol. The highest BCUT2D eigenvalue weighted by atomic mass is 16.3. The quantitative estimate of drug-likeness (QED) is 0.689. The van der Waals surface area contributed by atoms with Crippen LogP contribution in [0.15, 0.2) is 36.7 Å². The summed E-state index contributed by atoms with van der Waals surface area (Å²) in [6, 6.07) is 7.73. The topological polar surface area (TPSA) is 79.2 Å². The Hall–Kier alpha value is -2.34. The van der Waals surface area contributed by atoms with Gasteiger partial charge in [-0.2, -0.15) is 5.10 Å². The van der Waals surface area contributed by atoms with Gasteiger partial charge in [-0.15, -0.1) is 0 Å². The zero-order valence-electron chi connectivity index (χ0n) is 15.2. The molecule has 1 aromatic carbocycles. The van der Waals surface area contributed by atoms with Crippen LogP contribution in [0.4, 0.5) is 4.79 Å². The number of nitrogens with zero attached hydrogens (tertiary/aromatic N) is 2. The fraction of sp³-hybridized carbons (Fsp3) is 0.474. The van der Waals surface area contributed by atoms with Crippen LogP contribution in [0.1, 0.15) is 32.3 Å². The number of nitrogens with one attached hydrogen (secondary N) is 2. The summed E-state index contributed by atoms with van der Waals surface area (Å²) in [5, 5.41) is 19.8. The molecule has 0 saturated carbocycles. The first-order valence-electron chi connectivity index (χ1n) is 8.81. The number of aliphatic hydroxyl groups is 1. The highest BCUT2D eigenvalue weighted by molar-refractivity contribution is 5.74. The Balaban J connectivity index is 1.84. The van der Waals surface area contributed by atoms with Crippen LogP contribution in [0.25, 0.3) is 11.1 Å². The molecule has 6 nitrogen and oxygen atoms in total. The van der Waals surface area contributed by atoms with E-state index in [-0.39, 0.29) is 18.5 Å².